The molecule has 386 valence electrons. The van der Waals surface area contributed by atoms with Crippen LogP contribution < -0.4 is 0 Å². The quantitative estimate of drug-likeness (QED) is 0.0262. The predicted octanol–water partition coefficient (Wildman–Crippen LogP) is 18.7. The minimum atomic E-state index is -0.798. The Morgan fingerprint density at radius 1 is 0.309 bits per heavy atom. The molecule has 0 saturated carbocycles. The molecular formula is C62H102O6. The Kier molecular flexibility index (Phi) is 52.4. The van der Waals surface area contributed by atoms with Crippen molar-refractivity contribution in [3.8, 4) is 0 Å². The number of hydrogen-bond donors (Lipinski definition) is 0. The van der Waals surface area contributed by atoms with Gasteiger partial charge in [-0.25, -0.2) is 0 Å². The molecule has 0 spiro atoms. The average molecular weight is 943 g/mol. The van der Waals surface area contributed by atoms with Crippen molar-refractivity contribution in [1.82, 2.24) is 0 Å². The van der Waals surface area contributed by atoms with E-state index in [4.69, 9.17) is 14.2 Å². The van der Waals surface area contributed by atoms with Crippen LogP contribution in [0.15, 0.2) is 109 Å². The van der Waals surface area contributed by atoms with Crippen LogP contribution in [0.5, 0.6) is 0 Å². The fraction of sp³-hybridized carbons (Fsp3) is 0.661. The highest BCUT2D eigenvalue weighted by atomic mass is 16.6. The van der Waals surface area contributed by atoms with Gasteiger partial charge in [-0.05, 0) is 109 Å². The first-order valence-corrected chi connectivity index (χ1v) is 27.9. The highest BCUT2D eigenvalue weighted by Gasteiger charge is 2.19. The highest BCUT2D eigenvalue weighted by Crippen LogP contribution is 2.13. The van der Waals surface area contributed by atoms with Crippen LogP contribution in [0.1, 0.15) is 245 Å². The number of carbonyl (C=O) groups excluding carboxylic acids is 3. The summed E-state index contributed by atoms with van der Waals surface area (Å²) in [5.74, 6) is -0.959. The van der Waals surface area contributed by atoms with Gasteiger partial charge >= 0.3 is 17.9 Å². The average Bonchev–Trinajstić information content (AvgIpc) is 3.34. The third-order valence-corrected chi connectivity index (χ3v) is 11.5. The summed E-state index contributed by atoms with van der Waals surface area (Å²) in [5, 5.41) is 0. The lowest BCUT2D eigenvalue weighted by atomic mass is 10.1. The van der Waals surface area contributed by atoms with Gasteiger partial charge in [-0.2, -0.15) is 0 Å². The lowest BCUT2D eigenvalue weighted by molar-refractivity contribution is -0.167. The lowest BCUT2D eigenvalue weighted by Gasteiger charge is -2.18. The van der Waals surface area contributed by atoms with Gasteiger partial charge in [0.1, 0.15) is 13.2 Å². The first kappa shape index (κ1) is 64.1. The normalized spacial score (nSPS) is 12.9. The maximum absolute atomic E-state index is 12.8. The summed E-state index contributed by atoms with van der Waals surface area (Å²) < 4.78 is 16.7. The van der Waals surface area contributed by atoms with Crippen molar-refractivity contribution in [2.24, 2.45) is 0 Å². The molecule has 0 amide bonds. The number of carbonyl (C=O) groups is 3. The molecule has 6 heteroatoms. The largest absolute Gasteiger partial charge is 0.462 e. The standard InChI is InChI=1S/C62H102O6/c1-4-7-10-13-16-18-20-22-24-26-27-28-29-30-31-32-33-34-35-36-38-39-41-43-46-49-52-55-61(64)67-58-59(57-66-60(63)54-51-48-45-15-12-9-6-3)68-62(65)56-53-50-47-44-42-40-37-25-23-21-19-17-14-11-8-5-2/h7,10,16,18,22,24-25,27-28,30-31,33-34,36-38,41,43,59H,4-6,8-9,11-15,17,19-21,23,26,29,32,35,39-40,42,44-58H2,1-3H3/b10-7-,18-16-,24-22-,28-27-,31-30-,34-33-,37-25-,38-36-,43-41-. The molecule has 0 heterocycles. The Morgan fingerprint density at radius 2 is 0.574 bits per heavy atom. The van der Waals surface area contributed by atoms with Crippen molar-refractivity contribution in [2.45, 2.75) is 252 Å². The fourth-order valence-corrected chi connectivity index (χ4v) is 7.33. The van der Waals surface area contributed by atoms with Crippen molar-refractivity contribution in [1.29, 1.82) is 0 Å². The second-order valence-corrected chi connectivity index (χ2v) is 18.1. The van der Waals surface area contributed by atoms with E-state index in [1.165, 1.54) is 83.5 Å². The van der Waals surface area contributed by atoms with Gasteiger partial charge in [0, 0.05) is 19.3 Å². The van der Waals surface area contributed by atoms with E-state index >= 15 is 0 Å². The molecule has 0 aromatic rings. The summed E-state index contributed by atoms with van der Waals surface area (Å²) in [6, 6.07) is 0. The Morgan fingerprint density at radius 3 is 0.941 bits per heavy atom. The summed E-state index contributed by atoms with van der Waals surface area (Å²) >= 11 is 0. The molecule has 0 aromatic heterocycles. The molecule has 0 aromatic carbocycles. The summed E-state index contributed by atoms with van der Waals surface area (Å²) in [5.41, 5.74) is 0. The van der Waals surface area contributed by atoms with Gasteiger partial charge in [-0.3, -0.25) is 14.4 Å². The second kappa shape index (κ2) is 55.7. The molecular weight excluding hydrogens is 841 g/mol. The van der Waals surface area contributed by atoms with Crippen molar-refractivity contribution < 1.29 is 28.6 Å². The zero-order chi connectivity index (χ0) is 49.3. The summed E-state index contributed by atoms with van der Waals surface area (Å²) in [6.07, 6.45) is 75.3. The van der Waals surface area contributed by atoms with Crippen molar-refractivity contribution in [2.75, 3.05) is 13.2 Å². The zero-order valence-electron chi connectivity index (χ0n) is 44.1. The van der Waals surface area contributed by atoms with E-state index in [0.717, 1.165) is 122 Å². The van der Waals surface area contributed by atoms with Crippen molar-refractivity contribution in [3.05, 3.63) is 109 Å². The SMILES string of the molecule is CC/C=C\C/C=C\C/C=C\C/C=C\C/C=C\C/C=C\C/C=C\C/C=C\CCCCC(=O)OCC(COC(=O)CCCCCCCCC)OC(=O)CCCCCCC/C=C\CCCCCCCCC. The number of rotatable bonds is 49. The molecule has 0 aliphatic carbocycles. The molecule has 0 N–H and O–H groups in total. The first-order valence-electron chi connectivity index (χ1n) is 27.9. The zero-order valence-corrected chi connectivity index (χ0v) is 44.1. The molecule has 0 aliphatic heterocycles. The van der Waals surface area contributed by atoms with Gasteiger partial charge in [-0.1, -0.05) is 226 Å². The van der Waals surface area contributed by atoms with E-state index in [0.29, 0.717) is 19.3 Å². The van der Waals surface area contributed by atoms with Crippen LogP contribution >= 0.6 is 0 Å². The molecule has 0 bridgehead atoms. The monoisotopic (exact) mass is 943 g/mol. The Labute approximate surface area is 419 Å². The van der Waals surface area contributed by atoms with E-state index in [9.17, 15) is 14.4 Å². The van der Waals surface area contributed by atoms with Gasteiger partial charge in [0.05, 0.1) is 0 Å². The number of ether oxygens (including phenoxy) is 3. The molecule has 0 aliphatic rings. The van der Waals surface area contributed by atoms with Crippen LogP contribution in [0, 0.1) is 0 Å². The summed E-state index contributed by atoms with van der Waals surface area (Å²) in [6.45, 7) is 6.43. The van der Waals surface area contributed by atoms with E-state index in [1.807, 2.05) is 0 Å². The van der Waals surface area contributed by atoms with Crippen LogP contribution in [0.25, 0.3) is 0 Å². The number of allylic oxidation sites excluding steroid dienone is 18. The number of esters is 3. The Bertz CT molecular complexity index is 1410. The van der Waals surface area contributed by atoms with E-state index in [1.54, 1.807) is 0 Å². The Balaban J connectivity index is 4.32. The topological polar surface area (TPSA) is 78.9 Å². The van der Waals surface area contributed by atoms with Crippen molar-refractivity contribution >= 4 is 17.9 Å². The first-order chi connectivity index (χ1) is 33.5. The second-order valence-electron chi connectivity index (χ2n) is 18.1. The maximum atomic E-state index is 12.8. The molecule has 1 unspecified atom stereocenters. The van der Waals surface area contributed by atoms with Crippen LogP contribution in [-0.2, 0) is 28.6 Å². The van der Waals surface area contributed by atoms with Gasteiger partial charge in [0.15, 0.2) is 6.10 Å². The van der Waals surface area contributed by atoms with Crippen LogP contribution in [-0.4, -0.2) is 37.2 Å². The molecule has 0 fully saturated rings. The van der Waals surface area contributed by atoms with Crippen LogP contribution in [0.4, 0.5) is 0 Å². The van der Waals surface area contributed by atoms with Gasteiger partial charge in [-0.15, -0.1) is 0 Å². The molecule has 6 nitrogen and oxygen atoms in total. The van der Waals surface area contributed by atoms with Crippen LogP contribution in [0.2, 0.25) is 0 Å². The maximum Gasteiger partial charge on any atom is 0.306 e. The minimum absolute atomic E-state index is 0.0958. The lowest BCUT2D eigenvalue weighted by Crippen LogP contribution is -2.30. The number of unbranched alkanes of at least 4 members (excludes halogenated alkanes) is 20. The van der Waals surface area contributed by atoms with Crippen molar-refractivity contribution in [3.63, 3.8) is 0 Å². The molecule has 0 saturated heterocycles. The molecule has 68 heavy (non-hydrogen) atoms. The molecule has 1 atom stereocenters. The fourth-order valence-electron chi connectivity index (χ4n) is 7.33. The highest BCUT2D eigenvalue weighted by molar-refractivity contribution is 5.71. The predicted molar refractivity (Wildman–Crippen MR) is 293 cm³/mol. The third kappa shape index (κ3) is 53.0. The number of hydrogen-bond acceptors (Lipinski definition) is 6. The van der Waals surface area contributed by atoms with Gasteiger partial charge < -0.3 is 14.2 Å². The molecule has 0 rings (SSSR count). The van der Waals surface area contributed by atoms with Gasteiger partial charge in [0.2, 0.25) is 0 Å². The molecule has 0 radical (unpaired) electrons. The van der Waals surface area contributed by atoms with E-state index < -0.39 is 6.10 Å². The summed E-state index contributed by atoms with van der Waals surface area (Å²) in [4.78, 5) is 37.9. The van der Waals surface area contributed by atoms with E-state index in [-0.39, 0.29) is 31.1 Å². The smallest absolute Gasteiger partial charge is 0.306 e. The van der Waals surface area contributed by atoms with E-state index in [2.05, 4.69) is 130 Å². The van der Waals surface area contributed by atoms with Gasteiger partial charge in [0.25, 0.3) is 0 Å². The minimum Gasteiger partial charge on any atom is -0.462 e. The van der Waals surface area contributed by atoms with Crippen LogP contribution in [0.3, 0.4) is 0 Å². The summed E-state index contributed by atoms with van der Waals surface area (Å²) in [7, 11) is 0. The third-order valence-electron chi connectivity index (χ3n) is 11.5. The Hall–Kier alpha value is -3.93.